The van der Waals surface area contributed by atoms with E-state index in [1.54, 1.807) is 0 Å². The van der Waals surface area contributed by atoms with E-state index in [9.17, 15) is 4.79 Å². The molecule has 2 bridgehead atoms. The van der Waals surface area contributed by atoms with Crippen LogP contribution in [0.4, 0.5) is 0 Å². The van der Waals surface area contributed by atoms with Crippen molar-refractivity contribution in [2.45, 2.75) is 51.2 Å². The Hall–Kier alpha value is -0.630. The van der Waals surface area contributed by atoms with Crippen molar-refractivity contribution in [2.24, 2.45) is 5.92 Å². The number of unbranched alkanes of at least 4 members (excludes halogenated alkanes) is 2. The number of carbonyl (C=O) groups excluding carboxylic acids is 1. The molecule has 0 saturated carbocycles. The Balaban J connectivity index is 1.79. The van der Waals surface area contributed by atoms with Crippen molar-refractivity contribution in [1.82, 2.24) is 0 Å². The number of hydrogen-bond donors (Lipinski definition) is 0. The SMILES string of the molecule is CCCCCC(=O)[C@H]1C[C@H]2C=C[C@@H]1O2. The predicted octanol–water partition coefficient (Wildman–Crippen LogP) is 2.48. The van der Waals surface area contributed by atoms with Gasteiger partial charge in [-0.2, -0.15) is 0 Å². The van der Waals surface area contributed by atoms with Crippen molar-refractivity contribution in [3.05, 3.63) is 12.2 Å². The van der Waals surface area contributed by atoms with Crippen molar-refractivity contribution in [3.8, 4) is 0 Å². The molecule has 0 radical (unpaired) electrons. The van der Waals surface area contributed by atoms with Gasteiger partial charge in [-0.1, -0.05) is 31.9 Å². The van der Waals surface area contributed by atoms with E-state index in [-0.39, 0.29) is 18.1 Å². The molecule has 2 heteroatoms. The van der Waals surface area contributed by atoms with E-state index in [1.807, 2.05) is 0 Å². The molecule has 0 aromatic rings. The smallest absolute Gasteiger partial charge is 0.139 e. The highest BCUT2D eigenvalue weighted by Gasteiger charge is 2.40. The molecule has 2 aliphatic heterocycles. The molecule has 2 rings (SSSR count). The first-order valence-electron chi connectivity index (χ1n) is 5.67. The molecule has 0 aromatic carbocycles. The summed E-state index contributed by atoms with van der Waals surface area (Å²) in [6.45, 7) is 2.16. The van der Waals surface area contributed by atoms with Crippen LogP contribution in [-0.2, 0) is 9.53 Å². The van der Waals surface area contributed by atoms with Crippen LogP contribution in [0.2, 0.25) is 0 Å². The van der Waals surface area contributed by atoms with Crippen LogP contribution in [-0.4, -0.2) is 18.0 Å². The lowest BCUT2D eigenvalue weighted by molar-refractivity contribution is -0.123. The lowest BCUT2D eigenvalue weighted by Crippen LogP contribution is -2.22. The summed E-state index contributed by atoms with van der Waals surface area (Å²) in [5.74, 6) is 0.581. The van der Waals surface area contributed by atoms with E-state index in [0.29, 0.717) is 5.78 Å². The average Bonchev–Trinajstić information content (AvgIpc) is 2.79. The zero-order valence-corrected chi connectivity index (χ0v) is 8.74. The van der Waals surface area contributed by atoms with Crippen molar-refractivity contribution in [3.63, 3.8) is 0 Å². The summed E-state index contributed by atoms with van der Waals surface area (Å²) in [6.07, 6.45) is 9.55. The third-order valence-electron chi connectivity index (χ3n) is 3.17. The highest BCUT2D eigenvalue weighted by atomic mass is 16.5. The molecule has 0 aliphatic carbocycles. The quantitative estimate of drug-likeness (QED) is 0.496. The highest BCUT2D eigenvalue weighted by Crippen LogP contribution is 2.34. The maximum Gasteiger partial charge on any atom is 0.139 e. The van der Waals surface area contributed by atoms with Gasteiger partial charge >= 0.3 is 0 Å². The lowest BCUT2D eigenvalue weighted by Gasteiger charge is -2.13. The molecule has 2 aliphatic rings. The first-order chi connectivity index (χ1) is 6.81. The second-order valence-corrected chi connectivity index (χ2v) is 4.29. The number of rotatable bonds is 5. The summed E-state index contributed by atoms with van der Waals surface area (Å²) in [5, 5.41) is 0. The molecular weight excluding hydrogens is 176 g/mol. The Morgan fingerprint density at radius 1 is 1.43 bits per heavy atom. The Labute approximate surface area is 85.3 Å². The van der Waals surface area contributed by atoms with Crippen molar-refractivity contribution in [1.29, 1.82) is 0 Å². The number of fused-ring (bicyclic) bond motifs is 2. The fraction of sp³-hybridized carbons (Fsp3) is 0.750. The molecule has 0 N–H and O–H groups in total. The normalized spacial score (nSPS) is 33.9. The molecule has 2 heterocycles. The summed E-state index contributed by atoms with van der Waals surface area (Å²) in [6, 6.07) is 0. The second-order valence-electron chi connectivity index (χ2n) is 4.29. The number of ether oxygens (including phenoxy) is 1. The fourth-order valence-corrected chi connectivity index (χ4v) is 2.32. The largest absolute Gasteiger partial charge is 0.366 e. The summed E-state index contributed by atoms with van der Waals surface area (Å²) >= 11 is 0. The predicted molar refractivity (Wildman–Crippen MR) is 55.1 cm³/mol. The van der Waals surface area contributed by atoms with Gasteiger partial charge in [0.15, 0.2) is 0 Å². The molecule has 78 valence electrons. The van der Waals surface area contributed by atoms with Gasteiger partial charge in [-0.05, 0) is 12.8 Å². The average molecular weight is 194 g/mol. The Kier molecular flexibility index (Phi) is 3.02. The zero-order chi connectivity index (χ0) is 9.97. The molecule has 0 unspecified atom stereocenters. The van der Waals surface area contributed by atoms with E-state index < -0.39 is 0 Å². The Bertz CT molecular complexity index is 245. The minimum absolute atomic E-state index is 0.106. The molecule has 14 heavy (non-hydrogen) atoms. The Morgan fingerprint density at radius 2 is 2.29 bits per heavy atom. The fourth-order valence-electron chi connectivity index (χ4n) is 2.32. The van der Waals surface area contributed by atoms with Crippen LogP contribution in [0.1, 0.15) is 39.0 Å². The second kappa shape index (κ2) is 4.26. The third-order valence-corrected chi connectivity index (χ3v) is 3.17. The van der Waals surface area contributed by atoms with Crippen LogP contribution in [0.25, 0.3) is 0 Å². The number of ketones is 1. The molecule has 1 fully saturated rings. The Morgan fingerprint density at radius 3 is 2.86 bits per heavy atom. The molecule has 1 saturated heterocycles. The van der Waals surface area contributed by atoms with Crippen LogP contribution in [0.5, 0.6) is 0 Å². The molecule has 0 aromatic heterocycles. The topological polar surface area (TPSA) is 26.3 Å². The van der Waals surface area contributed by atoms with Gasteiger partial charge in [-0.25, -0.2) is 0 Å². The molecule has 0 amide bonds. The van der Waals surface area contributed by atoms with Crippen LogP contribution < -0.4 is 0 Å². The first kappa shape index (κ1) is 9.91. The van der Waals surface area contributed by atoms with Crippen LogP contribution >= 0.6 is 0 Å². The van der Waals surface area contributed by atoms with Gasteiger partial charge in [0, 0.05) is 6.42 Å². The van der Waals surface area contributed by atoms with E-state index in [4.69, 9.17) is 4.74 Å². The molecule has 3 atom stereocenters. The maximum atomic E-state index is 11.8. The van der Waals surface area contributed by atoms with Crippen LogP contribution in [0.15, 0.2) is 12.2 Å². The monoisotopic (exact) mass is 194 g/mol. The van der Waals surface area contributed by atoms with Gasteiger partial charge in [0.1, 0.15) is 5.78 Å². The van der Waals surface area contributed by atoms with Crippen LogP contribution in [0, 0.1) is 5.92 Å². The number of carbonyl (C=O) groups is 1. The van der Waals surface area contributed by atoms with Gasteiger partial charge in [0.05, 0.1) is 18.1 Å². The van der Waals surface area contributed by atoms with E-state index in [2.05, 4.69) is 19.1 Å². The van der Waals surface area contributed by atoms with E-state index in [1.165, 1.54) is 12.8 Å². The maximum absolute atomic E-state index is 11.8. The van der Waals surface area contributed by atoms with Crippen LogP contribution in [0.3, 0.4) is 0 Å². The summed E-state index contributed by atoms with van der Waals surface area (Å²) in [4.78, 5) is 11.8. The van der Waals surface area contributed by atoms with Gasteiger partial charge in [-0.3, -0.25) is 4.79 Å². The minimum Gasteiger partial charge on any atom is -0.366 e. The third kappa shape index (κ3) is 1.90. The van der Waals surface area contributed by atoms with Crippen molar-refractivity contribution < 1.29 is 9.53 Å². The van der Waals surface area contributed by atoms with Gasteiger partial charge in [0.25, 0.3) is 0 Å². The van der Waals surface area contributed by atoms with Crippen molar-refractivity contribution in [2.75, 3.05) is 0 Å². The molecule has 0 spiro atoms. The highest BCUT2D eigenvalue weighted by molar-refractivity contribution is 5.82. The first-order valence-corrected chi connectivity index (χ1v) is 5.67. The standard InChI is InChI=1S/C12H18O2/c1-2-3-4-5-11(13)10-8-9-6-7-12(10)14-9/h6-7,9-10,12H,2-5,8H2,1H3/t9-,10-,12+/m1/s1. The summed E-state index contributed by atoms with van der Waals surface area (Å²) in [7, 11) is 0. The summed E-state index contributed by atoms with van der Waals surface area (Å²) < 4.78 is 5.58. The summed E-state index contributed by atoms with van der Waals surface area (Å²) in [5.41, 5.74) is 0. The lowest BCUT2D eigenvalue weighted by atomic mass is 9.88. The number of hydrogen-bond acceptors (Lipinski definition) is 2. The van der Waals surface area contributed by atoms with Gasteiger partial charge in [0.2, 0.25) is 0 Å². The number of Topliss-reactive ketones (excluding diaryl/α,β-unsaturated/α-hetero) is 1. The zero-order valence-electron chi connectivity index (χ0n) is 8.74. The van der Waals surface area contributed by atoms with Gasteiger partial charge < -0.3 is 4.74 Å². The van der Waals surface area contributed by atoms with Gasteiger partial charge in [-0.15, -0.1) is 0 Å². The minimum atomic E-state index is 0.106. The molecular formula is C12H18O2. The van der Waals surface area contributed by atoms with E-state index >= 15 is 0 Å². The van der Waals surface area contributed by atoms with Crippen molar-refractivity contribution >= 4 is 5.78 Å². The molecule has 2 nitrogen and oxygen atoms in total. The van der Waals surface area contributed by atoms with E-state index in [0.717, 1.165) is 19.3 Å².